The third-order valence-corrected chi connectivity index (χ3v) is 1.77. The fourth-order valence-electron chi connectivity index (χ4n) is 1.35. The van der Waals surface area contributed by atoms with Crippen molar-refractivity contribution in [3.63, 3.8) is 0 Å². The van der Waals surface area contributed by atoms with Gasteiger partial charge in [0, 0.05) is 19.6 Å². The van der Waals surface area contributed by atoms with Crippen molar-refractivity contribution >= 4 is 0 Å². The summed E-state index contributed by atoms with van der Waals surface area (Å²) in [5, 5.41) is 11.6. The summed E-state index contributed by atoms with van der Waals surface area (Å²) < 4.78 is 0. The fourth-order valence-corrected chi connectivity index (χ4v) is 1.35. The molecule has 1 saturated heterocycles. The van der Waals surface area contributed by atoms with Gasteiger partial charge in [-0.2, -0.15) is 0 Å². The summed E-state index contributed by atoms with van der Waals surface area (Å²) in [4.78, 5) is 0. The minimum atomic E-state index is -0.579. The molecule has 3 nitrogen and oxygen atoms in total. The molecule has 0 bridgehead atoms. The number of hydrogen-bond acceptors (Lipinski definition) is 3. The van der Waals surface area contributed by atoms with Gasteiger partial charge in [0.25, 0.3) is 0 Å². The lowest BCUT2D eigenvalue weighted by molar-refractivity contribution is 0.00875. The highest BCUT2D eigenvalue weighted by molar-refractivity contribution is 4.71. The Morgan fingerprint density at radius 2 is 2.18 bits per heavy atom. The van der Waals surface area contributed by atoms with E-state index in [-0.39, 0.29) is 0 Å². The molecule has 3 heteroatoms. The van der Waals surface area contributed by atoms with Crippen molar-refractivity contribution in [2.24, 2.45) is 0 Å². The number of nitrogens with zero attached hydrogens (tertiary/aromatic N) is 1. The van der Waals surface area contributed by atoms with Gasteiger partial charge < -0.3 is 5.11 Å². The van der Waals surface area contributed by atoms with Gasteiger partial charge in [0.1, 0.15) is 0 Å². The Kier molecular flexibility index (Phi) is 2.87. The van der Waals surface area contributed by atoms with Gasteiger partial charge in [-0.05, 0) is 26.7 Å². The molecule has 0 atom stereocenters. The van der Waals surface area contributed by atoms with Crippen LogP contribution in [0.4, 0.5) is 0 Å². The molecular weight excluding hydrogens is 140 g/mol. The first kappa shape index (κ1) is 8.97. The lowest BCUT2D eigenvalue weighted by atomic mass is 10.1. The Balaban J connectivity index is 2.24. The summed E-state index contributed by atoms with van der Waals surface area (Å²) in [6.45, 7) is 6.50. The predicted molar refractivity (Wildman–Crippen MR) is 45.1 cm³/mol. The summed E-state index contributed by atoms with van der Waals surface area (Å²) in [5.41, 5.74) is 2.67. The van der Waals surface area contributed by atoms with Crippen molar-refractivity contribution in [3.05, 3.63) is 0 Å². The first-order valence-electron chi connectivity index (χ1n) is 4.29. The van der Waals surface area contributed by atoms with Crippen LogP contribution < -0.4 is 5.43 Å². The van der Waals surface area contributed by atoms with Gasteiger partial charge in [-0.15, -0.1) is 0 Å². The molecule has 66 valence electrons. The van der Waals surface area contributed by atoms with Crippen LogP contribution in [0.2, 0.25) is 0 Å². The van der Waals surface area contributed by atoms with Crippen molar-refractivity contribution in [2.75, 3.05) is 19.6 Å². The summed E-state index contributed by atoms with van der Waals surface area (Å²) in [6, 6.07) is 0. The average Bonchev–Trinajstić information content (AvgIpc) is 1.85. The molecule has 1 aliphatic heterocycles. The number of nitrogens with one attached hydrogen (secondary N) is 1. The van der Waals surface area contributed by atoms with E-state index in [2.05, 4.69) is 10.4 Å². The first-order valence-corrected chi connectivity index (χ1v) is 4.29. The van der Waals surface area contributed by atoms with Gasteiger partial charge in [0.05, 0.1) is 5.60 Å². The number of hydrogen-bond donors (Lipinski definition) is 2. The Morgan fingerprint density at radius 3 is 2.64 bits per heavy atom. The van der Waals surface area contributed by atoms with Crippen molar-refractivity contribution in [3.8, 4) is 0 Å². The van der Waals surface area contributed by atoms with Crippen LogP contribution in [-0.2, 0) is 0 Å². The summed E-state index contributed by atoms with van der Waals surface area (Å²) >= 11 is 0. The maximum atomic E-state index is 9.49. The Hall–Kier alpha value is -0.120. The van der Waals surface area contributed by atoms with Crippen LogP contribution in [0, 0.1) is 0 Å². The summed E-state index contributed by atoms with van der Waals surface area (Å²) in [6.07, 6.45) is 2.49. The van der Waals surface area contributed by atoms with Gasteiger partial charge in [-0.3, -0.25) is 5.43 Å². The lowest BCUT2D eigenvalue weighted by Gasteiger charge is -2.32. The van der Waals surface area contributed by atoms with Crippen LogP contribution in [0.5, 0.6) is 0 Å². The number of aliphatic hydroxyl groups is 1. The third kappa shape index (κ3) is 3.70. The van der Waals surface area contributed by atoms with Crippen molar-refractivity contribution in [1.29, 1.82) is 0 Å². The molecule has 11 heavy (non-hydrogen) atoms. The van der Waals surface area contributed by atoms with Gasteiger partial charge in [0.2, 0.25) is 0 Å². The molecule has 1 fully saturated rings. The SMILES string of the molecule is CC(C)(O)CN1CCCCN1. The molecule has 1 heterocycles. The molecule has 2 N–H and O–H groups in total. The van der Waals surface area contributed by atoms with Crippen LogP contribution >= 0.6 is 0 Å². The Morgan fingerprint density at radius 1 is 1.45 bits per heavy atom. The molecule has 0 aromatic rings. The second-order valence-electron chi connectivity index (χ2n) is 3.85. The van der Waals surface area contributed by atoms with Crippen LogP contribution in [-0.4, -0.2) is 35.4 Å². The molecule has 0 saturated carbocycles. The molecule has 0 spiro atoms. The number of rotatable bonds is 2. The van der Waals surface area contributed by atoms with Gasteiger partial charge in [-0.1, -0.05) is 0 Å². The van der Waals surface area contributed by atoms with E-state index >= 15 is 0 Å². The molecule has 1 rings (SSSR count). The smallest absolute Gasteiger partial charge is 0.0732 e. The van der Waals surface area contributed by atoms with E-state index in [9.17, 15) is 5.11 Å². The van der Waals surface area contributed by atoms with Gasteiger partial charge in [0.15, 0.2) is 0 Å². The van der Waals surface area contributed by atoms with Crippen LogP contribution in [0.15, 0.2) is 0 Å². The van der Waals surface area contributed by atoms with E-state index in [0.29, 0.717) is 6.54 Å². The van der Waals surface area contributed by atoms with E-state index < -0.39 is 5.60 Å². The van der Waals surface area contributed by atoms with Gasteiger partial charge in [-0.25, -0.2) is 5.01 Å². The van der Waals surface area contributed by atoms with E-state index in [0.717, 1.165) is 13.1 Å². The summed E-state index contributed by atoms with van der Waals surface area (Å²) in [5.74, 6) is 0. The zero-order valence-electron chi connectivity index (χ0n) is 7.43. The second-order valence-corrected chi connectivity index (χ2v) is 3.85. The second kappa shape index (κ2) is 3.52. The Labute approximate surface area is 68.4 Å². The van der Waals surface area contributed by atoms with Crippen LogP contribution in [0.3, 0.4) is 0 Å². The Bertz CT molecular complexity index is 114. The molecule has 0 aromatic carbocycles. The van der Waals surface area contributed by atoms with E-state index in [4.69, 9.17) is 0 Å². The van der Waals surface area contributed by atoms with Crippen molar-refractivity contribution in [1.82, 2.24) is 10.4 Å². The fraction of sp³-hybridized carbons (Fsp3) is 1.00. The first-order chi connectivity index (χ1) is 5.08. The predicted octanol–water partition coefficient (Wildman–Crippen LogP) is 0.358. The quantitative estimate of drug-likeness (QED) is 0.609. The largest absolute Gasteiger partial charge is 0.389 e. The van der Waals surface area contributed by atoms with Crippen LogP contribution in [0.25, 0.3) is 0 Å². The standard InChI is InChI=1S/C8H18N2O/c1-8(2,11)7-10-6-4-3-5-9-10/h9,11H,3-7H2,1-2H3. The highest BCUT2D eigenvalue weighted by Crippen LogP contribution is 2.06. The van der Waals surface area contributed by atoms with Crippen molar-refractivity contribution in [2.45, 2.75) is 32.3 Å². The van der Waals surface area contributed by atoms with E-state index in [1.54, 1.807) is 0 Å². The molecule has 0 radical (unpaired) electrons. The minimum absolute atomic E-state index is 0.579. The molecular formula is C8H18N2O. The maximum Gasteiger partial charge on any atom is 0.0732 e. The third-order valence-electron chi connectivity index (χ3n) is 1.77. The number of hydrazine groups is 1. The van der Waals surface area contributed by atoms with Crippen molar-refractivity contribution < 1.29 is 5.11 Å². The van der Waals surface area contributed by atoms with E-state index in [1.807, 2.05) is 13.8 Å². The van der Waals surface area contributed by atoms with Crippen LogP contribution in [0.1, 0.15) is 26.7 Å². The zero-order valence-corrected chi connectivity index (χ0v) is 7.43. The minimum Gasteiger partial charge on any atom is -0.389 e. The van der Waals surface area contributed by atoms with E-state index in [1.165, 1.54) is 12.8 Å². The highest BCUT2D eigenvalue weighted by atomic mass is 16.3. The molecule has 0 aliphatic carbocycles. The van der Waals surface area contributed by atoms with Gasteiger partial charge >= 0.3 is 0 Å². The topological polar surface area (TPSA) is 35.5 Å². The normalized spacial score (nSPS) is 22.1. The molecule has 0 aromatic heterocycles. The number of β-amino-alcohol motifs (C(OH)–C–C–N with tert-alkyl or cyclic N) is 1. The zero-order chi connectivity index (χ0) is 8.32. The highest BCUT2D eigenvalue weighted by Gasteiger charge is 2.19. The maximum absolute atomic E-state index is 9.49. The molecule has 0 unspecified atom stereocenters. The molecule has 1 aliphatic rings. The molecule has 0 amide bonds. The monoisotopic (exact) mass is 158 g/mol. The summed E-state index contributed by atoms with van der Waals surface area (Å²) in [7, 11) is 0. The lowest BCUT2D eigenvalue weighted by Crippen LogP contribution is -2.49. The average molecular weight is 158 g/mol.